The van der Waals surface area contributed by atoms with E-state index in [1.807, 2.05) is 0 Å². The van der Waals surface area contributed by atoms with E-state index in [0.29, 0.717) is 0 Å². The number of aromatic nitrogens is 2. The summed E-state index contributed by atoms with van der Waals surface area (Å²) < 4.78 is 19.7. The Labute approximate surface area is 106 Å². The molecule has 4 atom stereocenters. The summed E-state index contributed by atoms with van der Waals surface area (Å²) in [6.07, 6.45) is -3.86. The Hall–Kier alpha value is -1.84. The predicted molar refractivity (Wildman–Crippen MR) is 58.9 cm³/mol. The topological polar surface area (TPSA) is 128 Å². The van der Waals surface area contributed by atoms with Gasteiger partial charge in [-0.05, 0) is 0 Å². The van der Waals surface area contributed by atoms with Crippen LogP contribution in [0.4, 0.5) is 4.39 Å². The van der Waals surface area contributed by atoms with Crippen molar-refractivity contribution in [3.8, 4) is 0 Å². The van der Waals surface area contributed by atoms with Crippen LogP contribution in [0.1, 0.15) is 16.7 Å². The van der Waals surface area contributed by atoms with Crippen LogP contribution in [-0.4, -0.2) is 50.7 Å². The Balaban J connectivity index is 2.41. The van der Waals surface area contributed by atoms with Gasteiger partial charge in [-0.1, -0.05) is 0 Å². The van der Waals surface area contributed by atoms with Crippen LogP contribution in [0.15, 0.2) is 17.2 Å². The molecule has 1 aliphatic rings. The number of hydrogen-bond acceptors (Lipinski definition) is 6. The van der Waals surface area contributed by atoms with E-state index in [1.54, 1.807) is 0 Å². The van der Waals surface area contributed by atoms with Crippen LogP contribution in [0.25, 0.3) is 0 Å². The summed E-state index contributed by atoms with van der Waals surface area (Å²) in [4.78, 5) is 26.3. The van der Waals surface area contributed by atoms with Gasteiger partial charge in [0.15, 0.2) is 18.1 Å². The smallest absolute Gasteiger partial charge is 0.284 e. The molecule has 1 amide bonds. The highest BCUT2D eigenvalue weighted by molar-refractivity contribution is 5.90. The van der Waals surface area contributed by atoms with E-state index in [2.05, 4.69) is 4.98 Å². The summed E-state index contributed by atoms with van der Waals surface area (Å²) in [6.45, 7) is -0.597. The maximum atomic E-state index is 13.8. The number of alkyl halides is 1. The molecule has 0 aliphatic carbocycles. The number of amides is 1. The van der Waals surface area contributed by atoms with Gasteiger partial charge in [0.1, 0.15) is 12.2 Å². The van der Waals surface area contributed by atoms with Crippen molar-refractivity contribution >= 4 is 5.91 Å². The summed E-state index contributed by atoms with van der Waals surface area (Å²) in [6, 6.07) is 0. The number of aliphatic hydroxyl groups is 2. The molecule has 4 N–H and O–H groups in total. The zero-order valence-electron chi connectivity index (χ0n) is 9.64. The van der Waals surface area contributed by atoms with E-state index < -0.39 is 48.4 Å². The predicted octanol–water partition coefficient (Wildman–Crippen LogP) is -2.07. The molecular formula is C10H12FN3O5. The second-order valence-electron chi connectivity index (χ2n) is 4.04. The van der Waals surface area contributed by atoms with Gasteiger partial charge in [-0.2, -0.15) is 0 Å². The van der Waals surface area contributed by atoms with Crippen molar-refractivity contribution in [2.24, 2.45) is 5.73 Å². The molecule has 2 rings (SSSR count). The van der Waals surface area contributed by atoms with E-state index in [-0.39, 0.29) is 0 Å². The average Bonchev–Trinajstić information content (AvgIpc) is 2.66. The molecule has 1 aromatic rings. The van der Waals surface area contributed by atoms with Gasteiger partial charge in [0.25, 0.3) is 11.5 Å². The lowest BCUT2D eigenvalue weighted by atomic mass is 10.1. The lowest BCUT2D eigenvalue weighted by Crippen LogP contribution is -2.36. The second-order valence-corrected chi connectivity index (χ2v) is 4.04. The molecule has 0 bridgehead atoms. The van der Waals surface area contributed by atoms with Crippen LogP contribution in [0.3, 0.4) is 0 Å². The molecule has 8 nitrogen and oxygen atoms in total. The van der Waals surface area contributed by atoms with Crippen LogP contribution in [0.2, 0.25) is 0 Å². The average molecular weight is 273 g/mol. The number of aliphatic hydroxyl groups excluding tert-OH is 2. The van der Waals surface area contributed by atoms with Crippen LogP contribution >= 0.6 is 0 Å². The molecule has 1 aromatic heterocycles. The van der Waals surface area contributed by atoms with E-state index >= 15 is 0 Å². The number of primary amides is 1. The van der Waals surface area contributed by atoms with Gasteiger partial charge in [-0.15, -0.1) is 0 Å². The van der Waals surface area contributed by atoms with Crippen molar-refractivity contribution in [1.29, 1.82) is 0 Å². The number of carbonyl (C=O) groups is 1. The molecular weight excluding hydrogens is 261 g/mol. The highest BCUT2D eigenvalue weighted by atomic mass is 19.1. The Morgan fingerprint density at radius 3 is 2.84 bits per heavy atom. The first-order chi connectivity index (χ1) is 8.97. The summed E-state index contributed by atoms with van der Waals surface area (Å²) in [5.74, 6) is -1.05. The van der Waals surface area contributed by atoms with Crippen LogP contribution in [0.5, 0.6) is 0 Å². The van der Waals surface area contributed by atoms with E-state index in [1.165, 1.54) is 0 Å². The van der Waals surface area contributed by atoms with E-state index in [9.17, 15) is 19.1 Å². The number of rotatable bonds is 3. The summed E-state index contributed by atoms with van der Waals surface area (Å²) in [7, 11) is 0. The van der Waals surface area contributed by atoms with Crippen molar-refractivity contribution in [1.82, 2.24) is 9.55 Å². The third kappa shape index (κ3) is 2.23. The first-order valence-electron chi connectivity index (χ1n) is 5.42. The fourth-order valence-electron chi connectivity index (χ4n) is 1.87. The van der Waals surface area contributed by atoms with Crippen molar-refractivity contribution in [3.05, 3.63) is 28.4 Å². The van der Waals surface area contributed by atoms with Crippen LogP contribution < -0.4 is 11.3 Å². The van der Waals surface area contributed by atoms with Crippen molar-refractivity contribution in [3.63, 3.8) is 0 Å². The standard InChI is InChI=1S/C10H12FN3O5/c11-5-7(16)4(3-15)19-10(5)14-2-1-13-6(8(12)17)9(14)18/h1-2,4-5,7,10,15-16H,3H2,(H2,12,17)/t4-,5+,7-,10-/m1/s1. The number of carbonyl (C=O) groups excluding carboxylic acids is 1. The monoisotopic (exact) mass is 273 g/mol. The van der Waals surface area contributed by atoms with Gasteiger partial charge >= 0.3 is 0 Å². The van der Waals surface area contributed by atoms with Gasteiger partial charge in [0.05, 0.1) is 6.61 Å². The van der Waals surface area contributed by atoms with Crippen molar-refractivity contribution < 1.29 is 24.1 Å². The minimum absolute atomic E-state index is 0.555. The first-order valence-corrected chi connectivity index (χ1v) is 5.42. The lowest BCUT2D eigenvalue weighted by Gasteiger charge is -2.16. The molecule has 0 radical (unpaired) electrons. The van der Waals surface area contributed by atoms with Gasteiger partial charge in [0, 0.05) is 12.4 Å². The van der Waals surface area contributed by atoms with E-state index in [4.69, 9.17) is 15.6 Å². The summed E-state index contributed by atoms with van der Waals surface area (Å²) in [5.41, 5.74) is 3.48. The molecule has 104 valence electrons. The van der Waals surface area contributed by atoms with Gasteiger partial charge in [-0.3, -0.25) is 14.2 Å². The maximum Gasteiger partial charge on any atom is 0.284 e. The zero-order chi connectivity index (χ0) is 14.2. The van der Waals surface area contributed by atoms with Crippen LogP contribution in [0, 0.1) is 0 Å². The fraction of sp³-hybridized carbons (Fsp3) is 0.500. The zero-order valence-corrected chi connectivity index (χ0v) is 9.64. The second kappa shape index (κ2) is 5.03. The molecule has 0 aromatic carbocycles. The Morgan fingerprint density at radius 1 is 1.63 bits per heavy atom. The molecule has 0 saturated carbocycles. The summed E-state index contributed by atoms with van der Waals surface area (Å²) in [5, 5.41) is 18.4. The molecule has 0 spiro atoms. The quantitative estimate of drug-likeness (QED) is 0.580. The van der Waals surface area contributed by atoms with E-state index in [0.717, 1.165) is 17.0 Å². The molecule has 0 unspecified atom stereocenters. The maximum absolute atomic E-state index is 13.8. The number of ether oxygens (including phenoxy) is 1. The molecule has 1 aliphatic heterocycles. The number of hydrogen-bond donors (Lipinski definition) is 3. The minimum atomic E-state index is -1.92. The third-order valence-electron chi connectivity index (χ3n) is 2.85. The first kappa shape index (κ1) is 13.6. The van der Waals surface area contributed by atoms with Crippen LogP contribution in [-0.2, 0) is 4.74 Å². The molecule has 1 fully saturated rings. The minimum Gasteiger partial charge on any atom is -0.394 e. The third-order valence-corrected chi connectivity index (χ3v) is 2.85. The largest absolute Gasteiger partial charge is 0.394 e. The van der Waals surface area contributed by atoms with Gasteiger partial charge in [0.2, 0.25) is 0 Å². The Kier molecular flexibility index (Phi) is 3.60. The molecule has 9 heteroatoms. The normalized spacial score (nSPS) is 30.5. The SMILES string of the molecule is NC(=O)c1nccn([C@@H]2O[C@H](CO)[C@@H](O)[C@@H]2F)c1=O. The number of nitrogens with zero attached hydrogens (tertiary/aromatic N) is 2. The van der Waals surface area contributed by atoms with Crippen molar-refractivity contribution in [2.45, 2.75) is 24.6 Å². The fourth-order valence-corrected chi connectivity index (χ4v) is 1.87. The van der Waals surface area contributed by atoms with Crippen molar-refractivity contribution in [2.75, 3.05) is 6.61 Å². The highest BCUT2D eigenvalue weighted by Gasteiger charge is 2.45. The Morgan fingerprint density at radius 2 is 2.32 bits per heavy atom. The van der Waals surface area contributed by atoms with Gasteiger partial charge < -0.3 is 20.7 Å². The highest BCUT2D eigenvalue weighted by Crippen LogP contribution is 2.30. The van der Waals surface area contributed by atoms with Gasteiger partial charge in [-0.25, -0.2) is 9.37 Å². The Bertz CT molecular complexity index is 548. The lowest BCUT2D eigenvalue weighted by molar-refractivity contribution is -0.0488. The number of halogens is 1. The number of nitrogens with two attached hydrogens (primary N) is 1. The summed E-state index contributed by atoms with van der Waals surface area (Å²) >= 11 is 0. The molecule has 19 heavy (non-hydrogen) atoms. The molecule has 1 saturated heterocycles. The molecule has 2 heterocycles.